The summed E-state index contributed by atoms with van der Waals surface area (Å²) in [5.74, 6) is 0. The van der Waals surface area contributed by atoms with E-state index in [1.165, 1.54) is 0 Å². The third kappa shape index (κ3) is 1.43. The van der Waals surface area contributed by atoms with Crippen LogP contribution in [-0.4, -0.2) is 26.0 Å². The maximum atomic E-state index is 11.1. The summed E-state index contributed by atoms with van der Waals surface area (Å²) in [6.45, 7) is 0. The van der Waals surface area contributed by atoms with Crippen LogP contribution in [0.15, 0.2) is 36.7 Å². The average molecular weight is 268 g/mol. The second kappa shape index (κ2) is 3.76. The van der Waals surface area contributed by atoms with Crippen LogP contribution in [0.5, 0.6) is 0 Å². The molecule has 4 aromatic rings. The molecule has 92 valence electrons. The van der Waals surface area contributed by atoms with Crippen molar-refractivity contribution in [1.82, 2.24) is 19.7 Å². The quantitative estimate of drug-likeness (QED) is 0.568. The van der Waals surface area contributed by atoms with Crippen molar-refractivity contribution in [3.05, 3.63) is 42.4 Å². The van der Waals surface area contributed by atoms with Gasteiger partial charge in [-0.3, -0.25) is 9.89 Å². The minimum absolute atomic E-state index is 0.503. The number of hydrogen-bond acceptors (Lipinski definition) is 4. The number of aromatic amines is 1. The molecule has 19 heavy (non-hydrogen) atoms. The van der Waals surface area contributed by atoms with Crippen LogP contribution in [0.3, 0.4) is 0 Å². The molecule has 1 N–H and O–H groups in total. The van der Waals surface area contributed by atoms with Crippen LogP contribution >= 0.6 is 11.3 Å². The number of aldehydes is 1. The van der Waals surface area contributed by atoms with Gasteiger partial charge in [0.25, 0.3) is 0 Å². The van der Waals surface area contributed by atoms with Gasteiger partial charge in [0.05, 0.1) is 15.7 Å². The van der Waals surface area contributed by atoms with Crippen molar-refractivity contribution in [2.75, 3.05) is 0 Å². The third-order valence-electron chi connectivity index (χ3n) is 3.03. The first-order chi connectivity index (χ1) is 9.36. The van der Waals surface area contributed by atoms with E-state index in [1.807, 2.05) is 41.2 Å². The number of H-pyrrole nitrogens is 1. The highest BCUT2D eigenvalue weighted by molar-refractivity contribution is 7.21. The predicted molar refractivity (Wildman–Crippen MR) is 74.0 cm³/mol. The van der Waals surface area contributed by atoms with Crippen LogP contribution in [-0.2, 0) is 0 Å². The van der Waals surface area contributed by atoms with E-state index in [0.717, 1.165) is 32.5 Å². The van der Waals surface area contributed by atoms with Gasteiger partial charge in [-0.2, -0.15) is 5.10 Å². The molecule has 0 amide bonds. The number of nitrogens with zero attached hydrogens (tertiary/aromatic N) is 3. The molecule has 0 saturated heterocycles. The van der Waals surface area contributed by atoms with Crippen molar-refractivity contribution in [2.45, 2.75) is 0 Å². The lowest BCUT2D eigenvalue weighted by Crippen LogP contribution is -1.86. The van der Waals surface area contributed by atoms with Crippen molar-refractivity contribution in [3.63, 3.8) is 0 Å². The Morgan fingerprint density at radius 2 is 2.00 bits per heavy atom. The Morgan fingerprint density at radius 1 is 1.21 bits per heavy atom. The Morgan fingerprint density at radius 3 is 2.79 bits per heavy atom. The van der Waals surface area contributed by atoms with E-state index < -0.39 is 0 Å². The van der Waals surface area contributed by atoms with Crippen LogP contribution in [0, 0.1) is 0 Å². The van der Waals surface area contributed by atoms with Gasteiger partial charge >= 0.3 is 0 Å². The fraction of sp³-hybridized carbons (Fsp3) is 0. The summed E-state index contributed by atoms with van der Waals surface area (Å²) in [6, 6.07) is 7.71. The van der Waals surface area contributed by atoms with Crippen LogP contribution in [0.25, 0.3) is 26.3 Å². The SMILES string of the molecule is O=Cc1[nH]nc2ccc3nc(-n4cccc4)sc3c12. The lowest BCUT2D eigenvalue weighted by atomic mass is 10.2. The molecule has 0 bridgehead atoms. The van der Waals surface area contributed by atoms with Gasteiger partial charge in [0.15, 0.2) is 11.4 Å². The molecule has 0 aliphatic rings. The van der Waals surface area contributed by atoms with Gasteiger partial charge in [0, 0.05) is 17.8 Å². The molecule has 1 aromatic carbocycles. The van der Waals surface area contributed by atoms with Crippen molar-refractivity contribution in [1.29, 1.82) is 0 Å². The van der Waals surface area contributed by atoms with E-state index >= 15 is 0 Å². The van der Waals surface area contributed by atoms with Crippen molar-refractivity contribution < 1.29 is 4.79 Å². The fourth-order valence-electron chi connectivity index (χ4n) is 2.16. The van der Waals surface area contributed by atoms with Crippen LogP contribution in [0.1, 0.15) is 10.5 Å². The summed E-state index contributed by atoms with van der Waals surface area (Å²) in [5, 5.41) is 8.61. The maximum absolute atomic E-state index is 11.1. The van der Waals surface area contributed by atoms with Gasteiger partial charge in [0.2, 0.25) is 0 Å². The highest BCUT2D eigenvalue weighted by atomic mass is 32.1. The van der Waals surface area contributed by atoms with E-state index in [0.29, 0.717) is 5.69 Å². The molecular formula is C13H8N4OS. The average Bonchev–Trinajstić information content (AvgIpc) is 3.15. The second-order valence-electron chi connectivity index (χ2n) is 4.15. The molecule has 5 nitrogen and oxygen atoms in total. The fourth-order valence-corrected chi connectivity index (χ4v) is 3.25. The largest absolute Gasteiger partial charge is 0.300 e. The molecule has 0 unspecified atom stereocenters. The first-order valence-corrected chi connectivity index (χ1v) is 6.54. The number of hydrogen-bond donors (Lipinski definition) is 1. The summed E-state index contributed by atoms with van der Waals surface area (Å²) in [4.78, 5) is 15.7. The molecule has 0 spiro atoms. The first kappa shape index (κ1) is 10.5. The summed E-state index contributed by atoms with van der Waals surface area (Å²) < 4.78 is 2.94. The number of thiazole rings is 1. The highest BCUT2D eigenvalue weighted by Crippen LogP contribution is 2.32. The number of benzene rings is 1. The standard InChI is InChI=1S/C13H8N4OS/c18-7-10-11-8(15-16-10)3-4-9-12(11)19-13(14-9)17-5-1-2-6-17/h1-7H,(H,15,16). The molecule has 3 aromatic heterocycles. The van der Waals surface area contributed by atoms with Gasteiger partial charge in [-0.1, -0.05) is 11.3 Å². The van der Waals surface area contributed by atoms with Crippen LogP contribution in [0.2, 0.25) is 0 Å². The molecule has 0 aliphatic carbocycles. The molecule has 4 rings (SSSR count). The monoisotopic (exact) mass is 268 g/mol. The van der Waals surface area contributed by atoms with Crippen molar-refractivity contribution in [2.24, 2.45) is 0 Å². The van der Waals surface area contributed by atoms with Crippen LogP contribution in [0.4, 0.5) is 0 Å². The Hall–Kier alpha value is -2.47. The zero-order valence-electron chi connectivity index (χ0n) is 9.70. The van der Waals surface area contributed by atoms with Crippen LogP contribution < -0.4 is 0 Å². The molecule has 0 saturated carbocycles. The number of carbonyl (C=O) groups is 1. The van der Waals surface area contributed by atoms with Crippen molar-refractivity contribution in [3.8, 4) is 5.13 Å². The Kier molecular flexibility index (Phi) is 2.07. The number of aromatic nitrogens is 4. The van der Waals surface area contributed by atoms with Gasteiger partial charge in [-0.15, -0.1) is 0 Å². The Bertz CT molecular complexity index is 888. The normalized spacial score (nSPS) is 11.4. The van der Waals surface area contributed by atoms with E-state index in [-0.39, 0.29) is 0 Å². The zero-order chi connectivity index (χ0) is 12.8. The smallest absolute Gasteiger partial charge is 0.194 e. The Balaban J connectivity index is 2.10. The molecule has 0 atom stereocenters. The van der Waals surface area contributed by atoms with Gasteiger partial charge < -0.3 is 4.57 Å². The number of carbonyl (C=O) groups excluding carboxylic acids is 1. The summed E-state index contributed by atoms with van der Waals surface area (Å²) in [5.41, 5.74) is 2.17. The molecule has 3 heterocycles. The van der Waals surface area contributed by atoms with Gasteiger partial charge in [-0.25, -0.2) is 4.98 Å². The molecule has 6 heteroatoms. The minimum Gasteiger partial charge on any atom is -0.300 e. The summed E-state index contributed by atoms with van der Waals surface area (Å²) >= 11 is 1.55. The van der Waals surface area contributed by atoms with Gasteiger partial charge in [-0.05, 0) is 24.3 Å². The van der Waals surface area contributed by atoms with Crippen molar-refractivity contribution >= 4 is 38.7 Å². The number of fused-ring (bicyclic) bond motifs is 3. The van der Waals surface area contributed by atoms with E-state index in [4.69, 9.17) is 0 Å². The van der Waals surface area contributed by atoms with Gasteiger partial charge in [0.1, 0.15) is 5.69 Å². The lowest BCUT2D eigenvalue weighted by molar-refractivity contribution is 0.112. The topological polar surface area (TPSA) is 63.6 Å². The Labute approximate surface area is 111 Å². The second-order valence-corrected chi connectivity index (χ2v) is 5.13. The maximum Gasteiger partial charge on any atom is 0.194 e. The molecular weight excluding hydrogens is 260 g/mol. The third-order valence-corrected chi connectivity index (χ3v) is 4.14. The minimum atomic E-state index is 0.503. The highest BCUT2D eigenvalue weighted by Gasteiger charge is 2.13. The van der Waals surface area contributed by atoms with E-state index in [1.54, 1.807) is 11.3 Å². The number of nitrogens with one attached hydrogen (secondary N) is 1. The van der Waals surface area contributed by atoms with E-state index in [2.05, 4.69) is 15.2 Å². The lowest BCUT2D eigenvalue weighted by Gasteiger charge is -1.92. The summed E-state index contributed by atoms with van der Waals surface area (Å²) in [7, 11) is 0. The molecule has 0 fully saturated rings. The predicted octanol–water partition coefficient (Wildman–Crippen LogP) is 2.78. The zero-order valence-corrected chi connectivity index (χ0v) is 10.5. The number of rotatable bonds is 2. The molecule has 0 aliphatic heterocycles. The summed E-state index contributed by atoms with van der Waals surface area (Å²) in [6.07, 6.45) is 4.69. The van der Waals surface area contributed by atoms with E-state index in [9.17, 15) is 4.79 Å². The first-order valence-electron chi connectivity index (χ1n) is 5.73. The molecule has 0 radical (unpaired) electrons.